The molecule has 3 unspecified atom stereocenters. The van der Waals surface area contributed by atoms with Gasteiger partial charge in [0.25, 0.3) is 0 Å². The Morgan fingerprint density at radius 3 is 0.927 bits per heavy atom. The number of rotatable bonds is 39. The van der Waals surface area contributed by atoms with Gasteiger partial charge < -0.3 is 10.5 Å². The lowest BCUT2D eigenvalue weighted by Crippen LogP contribution is -2.64. The molecule has 0 aromatic heterocycles. The first-order valence-electron chi connectivity index (χ1n) is 39.7. The second-order valence-electron chi connectivity index (χ2n) is 34.6. The van der Waals surface area contributed by atoms with E-state index in [-0.39, 0.29) is 93.5 Å². The van der Waals surface area contributed by atoms with Crippen molar-refractivity contribution in [1.29, 1.82) is 0 Å². The van der Waals surface area contributed by atoms with E-state index in [1.165, 1.54) is 172 Å². The molecule has 6 saturated heterocycles. The molecule has 6 amide bonds. The number of imide groups is 3. The minimum atomic E-state index is -0.457. The van der Waals surface area contributed by atoms with Crippen molar-refractivity contribution in [2.24, 2.45) is 17.8 Å². The highest BCUT2D eigenvalue weighted by atomic mass is 16.7. The molecule has 0 radical (unpaired) electrons. The summed E-state index contributed by atoms with van der Waals surface area (Å²) in [5.41, 5.74) is -0.477. The minimum Gasteiger partial charge on any atom is -0.313 e. The number of nitrogens with one attached hydrogen (secondary N) is 1. The summed E-state index contributed by atoms with van der Waals surface area (Å²) in [6.45, 7) is 32.6. The molecule has 6 fully saturated rings. The summed E-state index contributed by atoms with van der Waals surface area (Å²) >= 11 is 0. The lowest BCUT2D eigenvalue weighted by Gasteiger charge is -2.54. The number of amides is 6. The number of carbonyl (C=O) groups excluding carboxylic acids is 6. The van der Waals surface area contributed by atoms with E-state index in [9.17, 15) is 34.0 Å². The highest BCUT2D eigenvalue weighted by Crippen LogP contribution is 2.45. The van der Waals surface area contributed by atoms with Gasteiger partial charge in [0.15, 0.2) is 0 Å². The molecule has 96 heavy (non-hydrogen) atoms. The minimum absolute atomic E-state index is 0.0138. The van der Waals surface area contributed by atoms with Crippen LogP contribution in [0, 0.1) is 17.8 Å². The standard InChI is InChI=1S/C32H52N2O3.C25H46N2O3.C25H46N2O2/c1-6-7-8-9-10-11-12-13-14-18-21-27-22-29(35)33(30(27)36)28-23-31(2,3)34(32(4,5)24-28)37-25-26-19-16-15-17-20-26;1-6-7-8-9-10-11-12-13-14-15-16-20-17-22(28)26(23(20)29)21-18-24(2,3)27(30)25(4,5)19-21;1-6-7-8-9-10-11-12-13-14-15-16-20-17-22(28)27(23(20)29)21-18-24(2,3)26-25(4,5)19-21/h15-17,19-20,27-28H,6-14,18,21-25H2,1-5H3;20-21,30H,6-19H2,1-5H3;20-21,26H,6-19H2,1-5H3. The molecule has 6 aliphatic rings. The highest BCUT2D eigenvalue weighted by molar-refractivity contribution is 6.05. The van der Waals surface area contributed by atoms with E-state index >= 15 is 0 Å². The van der Waals surface area contributed by atoms with Crippen LogP contribution in [0.15, 0.2) is 30.3 Å². The Morgan fingerprint density at radius 1 is 0.375 bits per heavy atom. The Morgan fingerprint density at radius 2 is 0.635 bits per heavy atom. The smallest absolute Gasteiger partial charge is 0.233 e. The van der Waals surface area contributed by atoms with Crippen molar-refractivity contribution in [3.8, 4) is 0 Å². The second kappa shape index (κ2) is 40.2. The molecule has 2 N–H and O–H groups in total. The van der Waals surface area contributed by atoms with Gasteiger partial charge in [-0.3, -0.25) is 48.3 Å². The van der Waals surface area contributed by atoms with E-state index in [1.807, 2.05) is 45.9 Å². The van der Waals surface area contributed by atoms with Crippen LogP contribution in [-0.4, -0.2) is 117 Å². The molecule has 14 nitrogen and oxygen atoms in total. The number of nitrogens with zero attached hydrogens (tertiary/aromatic N) is 5. The quantitative estimate of drug-likeness (QED) is 0.0477. The fourth-order valence-electron chi connectivity index (χ4n) is 17.9. The molecule has 0 spiro atoms. The molecular weight excluding hydrogens is 1200 g/mol. The summed E-state index contributed by atoms with van der Waals surface area (Å²) < 4.78 is 0. The van der Waals surface area contributed by atoms with Gasteiger partial charge in [0.2, 0.25) is 35.4 Å². The number of hydrogen-bond acceptors (Lipinski definition) is 11. The van der Waals surface area contributed by atoms with Crippen LogP contribution in [0.3, 0.4) is 0 Å². The molecular formula is C82H144N6O8. The Hall–Kier alpha value is -3.56. The fraction of sp³-hybridized carbons (Fsp3) is 0.854. The zero-order valence-corrected chi connectivity index (χ0v) is 64.3. The fourth-order valence-corrected chi connectivity index (χ4v) is 17.9. The number of benzene rings is 1. The average molecular weight is 1340 g/mol. The number of hydroxylamine groups is 4. The van der Waals surface area contributed by atoms with Crippen LogP contribution in [0.2, 0.25) is 0 Å². The molecule has 0 aliphatic carbocycles. The van der Waals surface area contributed by atoms with Crippen LogP contribution in [0.1, 0.15) is 379 Å². The van der Waals surface area contributed by atoms with Gasteiger partial charge in [-0.05, 0) is 146 Å². The molecule has 0 bridgehead atoms. The van der Waals surface area contributed by atoms with Crippen molar-refractivity contribution >= 4 is 35.4 Å². The molecule has 14 heteroatoms. The maximum Gasteiger partial charge on any atom is 0.233 e. The van der Waals surface area contributed by atoms with E-state index in [0.717, 1.165) is 76.2 Å². The zero-order valence-electron chi connectivity index (χ0n) is 64.3. The summed E-state index contributed by atoms with van der Waals surface area (Å²) in [5, 5.41) is 17.7. The third-order valence-electron chi connectivity index (χ3n) is 22.2. The van der Waals surface area contributed by atoms with Crippen LogP contribution in [0.5, 0.6) is 0 Å². The molecule has 6 heterocycles. The van der Waals surface area contributed by atoms with Crippen LogP contribution < -0.4 is 5.32 Å². The van der Waals surface area contributed by atoms with E-state index in [4.69, 9.17) is 4.84 Å². The summed E-state index contributed by atoms with van der Waals surface area (Å²) in [6.07, 6.45) is 46.9. The molecule has 550 valence electrons. The molecule has 1 aromatic rings. The maximum atomic E-state index is 13.4. The zero-order chi connectivity index (χ0) is 70.7. The summed E-state index contributed by atoms with van der Waals surface area (Å²) in [5.74, 6) is -0.0646. The van der Waals surface area contributed by atoms with Crippen molar-refractivity contribution < 1.29 is 38.8 Å². The summed E-state index contributed by atoms with van der Waals surface area (Å²) in [6, 6.07) is 10.1. The Kier molecular flexibility index (Phi) is 34.8. The molecule has 6 aliphatic heterocycles. The van der Waals surface area contributed by atoms with Gasteiger partial charge in [-0.25, -0.2) is 0 Å². The average Bonchev–Trinajstić information content (AvgIpc) is 1.31. The lowest BCUT2D eigenvalue weighted by atomic mass is 9.78. The maximum absolute atomic E-state index is 13.4. The predicted octanol–water partition coefficient (Wildman–Crippen LogP) is 19.9. The largest absolute Gasteiger partial charge is 0.313 e. The van der Waals surface area contributed by atoms with Gasteiger partial charge in [-0.2, -0.15) is 10.1 Å². The van der Waals surface area contributed by atoms with E-state index in [1.54, 1.807) is 14.7 Å². The van der Waals surface area contributed by atoms with E-state index in [0.29, 0.717) is 38.7 Å². The van der Waals surface area contributed by atoms with Gasteiger partial charge >= 0.3 is 0 Å². The van der Waals surface area contributed by atoms with E-state index in [2.05, 4.69) is 98.7 Å². The van der Waals surface area contributed by atoms with Gasteiger partial charge in [-0.1, -0.05) is 244 Å². The van der Waals surface area contributed by atoms with Gasteiger partial charge in [0.05, 0.1) is 6.61 Å². The predicted molar refractivity (Wildman–Crippen MR) is 393 cm³/mol. The molecule has 3 atom stereocenters. The first kappa shape index (κ1) is 83.1. The van der Waals surface area contributed by atoms with Crippen LogP contribution in [-0.2, 0) is 40.2 Å². The van der Waals surface area contributed by atoms with Crippen LogP contribution >= 0.6 is 0 Å². The van der Waals surface area contributed by atoms with E-state index < -0.39 is 11.1 Å². The monoisotopic (exact) mass is 1340 g/mol. The van der Waals surface area contributed by atoms with Crippen molar-refractivity contribution in [3.05, 3.63) is 35.9 Å². The molecule has 1 aromatic carbocycles. The van der Waals surface area contributed by atoms with Crippen molar-refractivity contribution in [2.75, 3.05) is 0 Å². The third kappa shape index (κ3) is 26.4. The summed E-state index contributed by atoms with van der Waals surface area (Å²) in [7, 11) is 0. The SMILES string of the molecule is CCCCCCCCCCCCC1CC(=O)N(C2CC(C)(C)N(O)C(C)(C)C2)C1=O.CCCCCCCCCCCCC1CC(=O)N(C2CC(C)(C)N(OCc3ccccc3)C(C)(C)C2)C1=O.CCCCCCCCCCCCC1CC(=O)N(C2CC(C)(C)NC(C)(C)C2)C1=O. The van der Waals surface area contributed by atoms with Crippen molar-refractivity contribution in [3.63, 3.8) is 0 Å². The number of likely N-dealkylation sites (tertiary alicyclic amines) is 3. The van der Waals surface area contributed by atoms with Crippen LogP contribution in [0.25, 0.3) is 0 Å². The van der Waals surface area contributed by atoms with Crippen molar-refractivity contribution in [2.45, 2.75) is 431 Å². The third-order valence-corrected chi connectivity index (χ3v) is 22.2. The summed E-state index contributed by atoms with van der Waals surface area (Å²) in [4.78, 5) is 89.1. The van der Waals surface area contributed by atoms with Gasteiger partial charge in [0, 0.05) is 88.4 Å². The first-order valence-corrected chi connectivity index (χ1v) is 39.7. The second-order valence-corrected chi connectivity index (χ2v) is 34.6. The van der Waals surface area contributed by atoms with Gasteiger partial charge in [-0.15, -0.1) is 0 Å². The normalized spacial score (nSPS) is 23.7. The number of piperidine rings is 3. The lowest BCUT2D eigenvalue weighted by molar-refractivity contribution is -0.293. The Balaban J connectivity index is 0.000000263. The Labute approximate surface area is 586 Å². The molecule has 0 saturated carbocycles. The first-order chi connectivity index (χ1) is 45.4. The number of hydrogen-bond donors (Lipinski definition) is 2. The number of unbranched alkanes of at least 4 members (excludes halogenated alkanes) is 27. The van der Waals surface area contributed by atoms with Gasteiger partial charge in [0.1, 0.15) is 0 Å². The molecule has 7 rings (SSSR count). The van der Waals surface area contributed by atoms with Crippen LogP contribution in [0.4, 0.5) is 0 Å². The topological polar surface area (TPSA) is 160 Å². The Bertz CT molecular complexity index is 2440. The highest BCUT2D eigenvalue weighted by Gasteiger charge is 2.54. The number of carbonyl (C=O) groups is 6. The van der Waals surface area contributed by atoms with Crippen molar-refractivity contribution in [1.82, 2.24) is 30.1 Å².